The number of aromatic nitrogens is 3. The van der Waals surface area contributed by atoms with Gasteiger partial charge in [-0.15, -0.1) is 0 Å². The van der Waals surface area contributed by atoms with Crippen molar-refractivity contribution in [1.82, 2.24) is 15.2 Å². The Bertz CT molecular complexity index is 620. The van der Waals surface area contributed by atoms with Crippen molar-refractivity contribution in [3.63, 3.8) is 0 Å². The molecule has 1 heterocycles. The highest BCUT2D eigenvalue weighted by Crippen LogP contribution is 2.31. The second-order valence-electron chi connectivity index (χ2n) is 5.57. The van der Waals surface area contributed by atoms with Gasteiger partial charge in [-0.05, 0) is 39.0 Å². The summed E-state index contributed by atoms with van der Waals surface area (Å²) in [5, 5.41) is 8.72. The summed E-state index contributed by atoms with van der Waals surface area (Å²) >= 11 is 3.47. The number of rotatable bonds is 4. The maximum absolute atomic E-state index is 11.7. The lowest BCUT2D eigenvalue weighted by Crippen LogP contribution is -2.21. The molecule has 0 radical (unpaired) electrons. The third kappa shape index (κ3) is 4.29. The van der Waals surface area contributed by atoms with Crippen LogP contribution >= 0.6 is 15.9 Å². The first kappa shape index (κ1) is 15.5. The zero-order chi connectivity index (χ0) is 15.5. The summed E-state index contributed by atoms with van der Waals surface area (Å²) in [6.07, 6.45) is 1.32. The van der Waals surface area contributed by atoms with E-state index in [0.29, 0.717) is 11.7 Å². The van der Waals surface area contributed by atoms with E-state index in [4.69, 9.17) is 4.74 Å². The molecule has 0 aliphatic carbocycles. The number of anilines is 1. The van der Waals surface area contributed by atoms with Gasteiger partial charge in [0.05, 0.1) is 4.47 Å². The fraction of sp³-hybridized carbons (Fsp3) is 0.357. The molecule has 7 heteroatoms. The first-order valence-electron chi connectivity index (χ1n) is 6.44. The van der Waals surface area contributed by atoms with Crippen LogP contribution in [-0.2, 0) is 10.2 Å². The summed E-state index contributed by atoms with van der Waals surface area (Å²) in [4.78, 5) is 15.5. The Balaban J connectivity index is 1.96. The fourth-order valence-electron chi connectivity index (χ4n) is 1.66. The van der Waals surface area contributed by atoms with Crippen molar-refractivity contribution < 1.29 is 9.53 Å². The zero-order valence-electron chi connectivity index (χ0n) is 12.1. The van der Waals surface area contributed by atoms with Gasteiger partial charge in [-0.2, -0.15) is 10.1 Å². The van der Waals surface area contributed by atoms with Gasteiger partial charge in [-0.1, -0.05) is 26.8 Å². The second kappa shape index (κ2) is 6.26. The van der Waals surface area contributed by atoms with E-state index >= 15 is 0 Å². The van der Waals surface area contributed by atoms with Crippen LogP contribution in [0.3, 0.4) is 0 Å². The Morgan fingerprint density at radius 2 is 2.19 bits per heavy atom. The number of hydrogen-bond acceptors (Lipinski definition) is 4. The minimum absolute atomic E-state index is 0.0602. The van der Waals surface area contributed by atoms with Crippen molar-refractivity contribution in [3.05, 3.63) is 34.6 Å². The topological polar surface area (TPSA) is 79.9 Å². The number of nitrogens with one attached hydrogen (secondary N) is 2. The number of halogens is 1. The molecule has 0 fully saturated rings. The highest BCUT2D eigenvalue weighted by Gasteiger charge is 2.15. The zero-order valence-corrected chi connectivity index (χ0v) is 13.7. The smallest absolute Gasteiger partial charge is 0.264 e. The first-order valence-corrected chi connectivity index (χ1v) is 7.23. The molecule has 0 saturated carbocycles. The summed E-state index contributed by atoms with van der Waals surface area (Å²) < 4.78 is 6.32. The van der Waals surface area contributed by atoms with Gasteiger partial charge in [0.2, 0.25) is 5.95 Å². The van der Waals surface area contributed by atoms with Crippen LogP contribution in [0.4, 0.5) is 5.95 Å². The Kier molecular flexibility index (Phi) is 4.62. The van der Waals surface area contributed by atoms with Gasteiger partial charge in [-0.25, -0.2) is 5.10 Å². The molecule has 0 bridgehead atoms. The van der Waals surface area contributed by atoms with Gasteiger partial charge in [-0.3, -0.25) is 10.1 Å². The lowest BCUT2D eigenvalue weighted by molar-refractivity contribution is -0.118. The van der Waals surface area contributed by atoms with Gasteiger partial charge in [0.1, 0.15) is 12.1 Å². The fourth-order valence-corrected chi connectivity index (χ4v) is 2.15. The molecule has 1 aromatic heterocycles. The summed E-state index contributed by atoms with van der Waals surface area (Å²) in [6.45, 7) is 6.31. The summed E-state index contributed by atoms with van der Waals surface area (Å²) in [5.41, 5.74) is 1.25. The summed E-state index contributed by atoms with van der Waals surface area (Å²) in [5.74, 6) is 0.611. The highest BCUT2D eigenvalue weighted by atomic mass is 79.9. The minimum Gasteiger partial charge on any atom is -0.483 e. The molecule has 2 aromatic rings. The van der Waals surface area contributed by atoms with Crippen LogP contribution in [0.15, 0.2) is 29.0 Å². The second-order valence-corrected chi connectivity index (χ2v) is 6.42. The predicted molar refractivity (Wildman–Crippen MR) is 83.3 cm³/mol. The number of aromatic amines is 1. The lowest BCUT2D eigenvalue weighted by atomic mass is 9.87. The molecule has 112 valence electrons. The van der Waals surface area contributed by atoms with E-state index in [9.17, 15) is 4.79 Å². The van der Waals surface area contributed by atoms with E-state index in [1.54, 1.807) is 0 Å². The number of benzene rings is 1. The molecule has 1 amide bonds. The molecular formula is C14H17BrN4O2. The van der Waals surface area contributed by atoms with E-state index in [1.807, 2.05) is 18.2 Å². The Morgan fingerprint density at radius 1 is 1.43 bits per heavy atom. The number of nitrogens with zero attached hydrogens (tertiary/aromatic N) is 2. The van der Waals surface area contributed by atoms with Crippen molar-refractivity contribution in [2.45, 2.75) is 26.2 Å². The van der Waals surface area contributed by atoms with Crippen molar-refractivity contribution in [1.29, 1.82) is 0 Å². The minimum atomic E-state index is -0.307. The molecule has 0 aliphatic heterocycles. The van der Waals surface area contributed by atoms with E-state index in [-0.39, 0.29) is 17.9 Å². The molecule has 21 heavy (non-hydrogen) atoms. The maximum atomic E-state index is 11.7. The molecule has 0 saturated heterocycles. The van der Waals surface area contributed by atoms with Crippen molar-refractivity contribution >= 4 is 27.8 Å². The monoisotopic (exact) mass is 352 g/mol. The average Bonchev–Trinajstić information content (AvgIpc) is 2.89. The molecule has 6 nitrogen and oxygen atoms in total. The van der Waals surface area contributed by atoms with Crippen molar-refractivity contribution in [2.75, 3.05) is 11.9 Å². The van der Waals surface area contributed by atoms with Gasteiger partial charge in [0, 0.05) is 0 Å². The van der Waals surface area contributed by atoms with Crippen LogP contribution in [0.1, 0.15) is 26.3 Å². The molecule has 2 rings (SSSR count). The molecular weight excluding hydrogens is 336 g/mol. The number of amides is 1. The van der Waals surface area contributed by atoms with Crippen LogP contribution in [0.2, 0.25) is 0 Å². The molecule has 0 atom stereocenters. The largest absolute Gasteiger partial charge is 0.483 e. The number of carbonyl (C=O) groups is 1. The summed E-state index contributed by atoms with van der Waals surface area (Å²) in [7, 11) is 0. The van der Waals surface area contributed by atoms with Gasteiger partial charge in [0.25, 0.3) is 5.91 Å². The quantitative estimate of drug-likeness (QED) is 0.886. The van der Waals surface area contributed by atoms with E-state index in [1.165, 1.54) is 11.9 Å². The van der Waals surface area contributed by atoms with Crippen molar-refractivity contribution in [2.24, 2.45) is 0 Å². The number of H-pyrrole nitrogens is 1. The number of ether oxygens (including phenoxy) is 1. The van der Waals surface area contributed by atoms with Gasteiger partial charge < -0.3 is 4.74 Å². The van der Waals surface area contributed by atoms with Crippen LogP contribution in [-0.4, -0.2) is 27.7 Å². The summed E-state index contributed by atoms with van der Waals surface area (Å²) in [6, 6.07) is 5.85. The van der Waals surface area contributed by atoms with Crippen LogP contribution < -0.4 is 10.1 Å². The molecule has 1 aromatic carbocycles. The molecule has 2 N–H and O–H groups in total. The maximum Gasteiger partial charge on any atom is 0.264 e. The predicted octanol–water partition coefficient (Wildman–Crippen LogP) is 2.88. The molecule has 0 aliphatic rings. The Hall–Kier alpha value is -1.89. The first-order chi connectivity index (χ1) is 9.86. The van der Waals surface area contributed by atoms with E-state index in [0.717, 1.165) is 4.47 Å². The van der Waals surface area contributed by atoms with Crippen LogP contribution in [0, 0.1) is 0 Å². The van der Waals surface area contributed by atoms with Gasteiger partial charge >= 0.3 is 0 Å². The normalized spacial score (nSPS) is 11.2. The third-order valence-electron chi connectivity index (χ3n) is 2.83. The highest BCUT2D eigenvalue weighted by molar-refractivity contribution is 9.10. The Labute approximate surface area is 131 Å². The molecule has 0 unspecified atom stereocenters. The number of carbonyl (C=O) groups excluding carboxylic acids is 1. The van der Waals surface area contributed by atoms with Crippen LogP contribution in [0.5, 0.6) is 5.75 Å². The average molecular weight is 353 g/mol. The number of hydrogen-bond donors (Lipinski definition) is 2. The van der Waals surface area contributed by atoms with Crippen molar-refractivity contribution in [3.8, 4) is 5.75 Å². The third-order valence-corrected chi connectivity index (χ3v) is 3.45. The lowest BCUT2D eigenvalue weighted by Gasteiger charge is -2.20. The van der Waals surface area contributed by atoms with E-state index < -0.39 is 0 Å². The SMILES string of the molecule is CC(C)(C)c1ccc(OCC(=O)Nc2ncn[nH]2)c(Br)c1. The van der Waals surface area contributed by atoms with Gasteiger partial charge in [0.15, 0.2) is 6.61 Å². The van der Waals surface area contributed by atoms with E-state index in [2.05, 4.69) is 57.2 Å². The van der Waals surface area contributed by atoms with Crippen LogP contribution in [0.25, 0.3) is 0 Å². The molecule has 0 spiro atoms. The Morgan fingerprint density at radius 3 is 2.76 bits per heavy atom. The standard InChI is InChI=1S/C14H17BrN4O2/c1-14(2,3)9-4-5-11(10(15)6-9)21-7-12(20)18-13-16-8-17-19-13/h4-6,8H,7H2,1-3H3,(H2,16,17,18,19,20).